The first-order chi connectivity index (χ1) is 9.00. The van der Waals surface area contributed by atoms with Crippen LogP contribution in [0.15, 0.2) is 0 Å². The highest BCUT2D eigenvalue weighted by Crippen LogP contribution is 2.24. The number of nitrogens with one attached hydrogen (secondary N) is 1. The van der Waals surface area contributed by atoms with E-state index in [1.54, 1.807) is 20.8 Å². The predicted molar refractivity (Wildman–Crippen MR) is 64.8 cm³/mol. The molecule has 0 spiro atoms. The van der Waals surface area contributed by atoms with Gasteiger partial charge in [-0.05, 0) is 40.0 Å². The number of hydrogen-bond acceptors (Lipinski definition) is 3. The van der Waals surface area contributed by atoms with Gasteiger partial charge in [0.05, 0.1) is 0 Å². The number of halogens is 3. The van der Waals surface area contributed by atoms with Gasteiger partial charge in [0.25, 0.3) is 0 Å². The van der Waals surface area contributed by atoms with Gasteiger partial charge in [-0.1, -0.05) is 0 Å². The van der Waals surface area contributed by atoms with E-state index in [0.717, 1.165) is 0 Å². The van der Waals surface area contributed by atoms with Crippen molar-refractivity contribution in [3.63, 3.8) is 0 Å². The van der Waals surface area contributed by atoms with Gasteiger partial charge in [0.1, 0.15) is 11.8 Å². The average Bonchev–Trinajstić information content (AvgIpc) is 2.24. The molecule has 1 rings (SSSR count). The van der Waals surface area contributed by atoms with E-state index in [1.807, 2.05) is 0 Å². The van der Waals surface area contributed by atoms with Crippen molar-refractivity contribution in [1.82, 2.24) is 10.2 Å². The van der Waals surface area contributed by atoms with Gasteiger partial charge in [-0.15, -0.1) is 0 Å². The summed E-state index contributed by atoms with van der Waals surface area (Å²) in [6.07, 6.45) is -5.35. The third-order valence-corrected chi connectivity index (χ3v) is 2.69. The van der Waals surface area contributed by atoms with E-state index in [0.29, 0.717) is 17.7 Å². The highest BCUT2D eigenvalue weighted by Gasteiger charge is 2.45. The van der Waals surface area contributed by atoms with Crippen LogP contribution in [0, 0.1) is 0 Å². The Balaban J connectivity index is 2.70. The van der Waals surface area contributed by atoms with Crippen LogP contribution in [0.4, 0.5) is 18.0 Å². The van der Waals surface area contributed by atoms with Crippen LogP contribution in [0.3, 0.4) is 0 Å². The second kappa shape index (κ2) is 5.88. The normalized spacial score (nSPS) is 20.5. The summed E-state index contributed by atoms with van der Waals surface area (Å²) in [6, 6.07) is 0. The van der Waals surface area contributed by atoms with E-state index >= 15 is 0 Å². The zero-order valence-electron chi connectivity index (χ0n) is 11.7. The van der Waals surface area contributed by atoms with Crippen molar-refractivity contribution in [2.24, 2.45) is 0 Å². The SMILES string of the molecule is CC(C)(C)OC(=O)NC1CCCCN1C(=O)C(F)(F)F. The molecule has 0 aliphatic carbocycles. The van der Waals surface area contributed by atoms with Crippen molar-refractivity contribution in [2.75, 3.05) is 6.54 Å². The maximum Gasteiger partial charge on any atom is 0.471 e. The molecule has 1 aliphatic heterocycles. The first-order valence-electron chi connectivity index (χ1n) is 6.38. The number of amides is 2. The van der Waals surface area contributed by atoms with Crippen molar-refractivity contribution in [3.05, 3.63) is 0 Å². The third-order valence-electron chi connectivity index (χ3n) is 2.69. The molecule has 5 nitrogen and oxygen atoms in total. The standard InChI is InChI=1S/C12H19F3N2O3/c1-11(2,3)20-10(19)16-8-6-4-5-7-17(8)9(18)12(13,14)15/h8H,4-7H2,1-3H3,(H,16,19). The Labute approximate surface area is 115 Å². The van der Waals surface area contributed by atoms with E-state index < -0.39 is 29.9 Å². The molecule has 0 bridgehead atoms. The molecule has 0 radical (unpaired) electrons. The van der Waals surface area contributed by atoms with Crippen molar-refractivity contribution in [3.8, 4) is 0 Å². The third kappa shape index (κ3) is 4.90. The number of alkyl carbamates (subject to hydrolysis) is 1. The van der Waals surface area contributed by atoms with Gasteiger partial charge in [0.15, 0.2) is 0 Å². The van der Waals surface area contributed by atoms with Crippen LogP contribution < -0.4 is 5.32 Å². The minimum Gasteiger partial charge on any atom is -0.444 e. The highest BCUT2D eigenvalue weighted by atomic mass is 19.4. The van der Waals surface area contributed by atoms with E-state index in [1.165, 1.54) is 0 Å². The molecule has 1 fully saturated rings. The summed E-state index contributed by atoms with van der Waals surface area (Å²) in [5, 5.41) is 2.32. The first kappa shape index (κ1) is 16.6. The molecule has 2 amide bonds. The predicted octanol–water partition coefficient (Wildman–Crippen LogP) is 2.41. The fraction of sp³-hybridized carbons (Fsp3) is 0.833. The topological polar surface area (TPSA) is 58.6 Å². The largest absolute Gasteiger partial charge is 0.471 e. The minimum atomic E-state index is -4.94. The summed E-state index contributed by atoms with van der Waals surface area (Å²) in [4.78, 5) is 23.5. The Hall–Kier alpha value is -1.47. The molecule has 1 aliphatic rings. The number of carbonyl (C=O) groups excluding carboxylic acids is 2. The molecular weight excluding hydrogens is 277 g/mol. The molecule has 20 heavy (non-hydrogen) atoms. The Morgan fingerprint density at radius 2 is 1.80 bits per heavy atom. The summed E-state index contributed by atoms with van der Waals surface area (Å²) in [5.74, 6) is -1.93. The van der Waals surface area contributed by atoms with Crippen molar-refractivity contribution in [1.29, 1.82) is 0 Å². The lowest BCUT2D eigenvalue weighted by molar-refractivity contribution is -0.189. The number of rotatable bonds is 1. The minimum absolute atomic E-state index is 0.0290. The number of piperidine rings is 1. The maximum absolute atomic E-state index is 12.5. The van der Waals surface area contributed by atoms with Crippen LogP contribution in [0.2, 0.25) is 0 Å². The second-order valence-electron chi connectivity index (χ2n) is 5.65. The maximum atomic E-state index is 12.5. The van der Waals surface area contributed by atoms with Gasteiger partial charge in [-0.3, -0.25) is 4.79 Å². The summed E-state index contributed by atoms with van der Waals surface area (Å²) in [5.41, 5.74) is -0.752. The number of carbonyl (C=O) groups is 2. The van der Waals surface area contributed by atoms with Crippen LogP contribution in [-0.2, 0) is 9.53 Å². The number of nitrogens with zero attached hydrogens (tertiary/aromatic N) is 1. The lowest BCUT2D eigenvalue weighted by atomic mass is 10.1. The fourth-order valence-electron chi connectivity index (χ4n) is 1.93. The molecule has 1 saturated heterocycles. The molecular formula is C12H19F3N2O3. The van der Waals surface area contributed by atoms with Gasteiger partial charge in [0.2, 0.25) is 0 Å². The Morgan fingerprint density at radius 3 is 2.30 bits per heavy atom. The van der Waals surface area contributed by atoms with E-state index in [9.17, 15) is 22.8 Å². The van der Waals surface area contributed by atoms with E-state index in [2.05, 4.69) is 5.32 Å². The van der Waals surface area contributed by atoms with Crippen LogP contribution in [-0.4, -0.2) is 41.4 Å². The zero-order valence-corrected chi connectivity index (χ0v) is 11.7. The highest BCUT2D eigenvalue weighted by molar-refractivity contribution is 5.82. The summed E-state index contributed by atoms with van der Waals surface area (Å²) >= 11 is 0. The molecule has 1 N–H and O–H groups in total. The van der Waals surface area contributed by atoms with Gasteiger partial charge in [0, 0.05) is 6.54 Å². The van der Waals surface area contributed by atoms with E-state index in [4.69, 9.17) is 4.74 Å². The Morgan fingerprint density at radius 1 is 1.20 bits per heavy atom. The summed E-state index contributed by atoms with van der Waals surface area (Å²) in [6.45, 7) is 4.91. The van der Waals surface area contributed by atoms with Gasteiger partial charge < -0.3 is 15.0 Å². The molecule has 0 aromatic heterocycles. The quantitative estimate of drug-likeness (QED) is 0.808. The van der Waals surface area contributed by atoms with Crippen molar-refractivity contribution in [2.45, 2.75) is 58.0 Å². The molecule has 0 aromatic carbocycles. The zero-order chi connectivity index (χ0) is 15.6. The Kier molecular flexibility index (Phi) is 4.88. The summed E-state index contributed by atoms with van der Waals surface area (Å²) < 4.78 is 42.4. The second-order valence-corrected chi connectivity index (χ2v) is 5.65. The number of hydrogen-bond donors (Lipinski definition) is 1. The van der Waals surface area contributed by atoms with E-state index in [-0.39, 0.29) is 13.0 Å². The molecule has 1 unspecified atom stereocenters. The lowest BCUT2D eigenvalue weighted by Crippen LogP contribution is -2.56. The van der Waals surface area contributed by atoms with Crippen molar-refractivity contribution >= 4 is 12.0 Å². The van der Waals surface area contributed by atoms with Crippen LogP contribution in [0.1, 0.15) is 40.0 Å². The monoisotopic (exact) mass is 296 g/mol. The van der Waals surface area contributed by atoms with Crippen LogP contribution in [0.25, 0.3) is 0 Å². The van der Waals surface area contributed by atoms with Gasteiger partial charge in [-0.2, -0.15) is 13.2 Å². The smallest absolute Gasteiger partial charge is 0.444 e. The Bertz CT molecular complexity index is 377. The van der Waals surface area contributed by atoms with Gasteiger partial charge >= 0.3 is 18.2 Å². The number of alkyl halides is 3. The number of likely N-dealkylation sites (tertiary alicyclic amines) is 1. The van der Waals surface area contributed by atoms with Gasteiger partial charge in [-0.25, -0.2) is 4.79 Å². The molecule has 1 atom stereocenters. The molecule has 0 saturated carbocycles. The average molecular weight is 296 g/mol. The molecule has 0 aromatic rings. The molecule has 116 valence electrons. The molecule has 1 heterocycles. The van der Waals surface area contributed by atoms with Crippen LogP contribution >= 0.6 is 0 Å². The van der Waals surface area contributed by atoms with Crippen molar-refractivity contribution < 1.29 is 27.5 Å². The number of ether oxygens (including phenoxy) is 1. The summed E-state index contributed by atoms with van der Waals surface area (Å²) in [7, 11) is 0. The lowest BCUT2D eigenvalue weighted by Gasteiger charge is -2.36. The fourth-order valence-corrected chi connectivity index (χ4v) is 1.93. The first-order valence-corrected chi connectivity index (χ1v) is 6.38. The van der Waals surface area contributed by atoms with Crippen LogP contribution in [0.5, 0.6) is 0 Å². The molecule has 8 heteroatoms.